The van der Waals surface area contributed by atoms with Crippen LogP contribution in [-0.2, 0) is 22.7 Å². The van der Waals surface area contributed by atoms with Gasteiger partial charge in [0.25, 0.3) is 0 Å². The van der Waals surface area contributed by atoms with Crippen LogP contribution in [0.15, 0.2) is 173 Å². The van der Waals surface area contributed by atoms with Gasteiger partial charge in [-0.25, -0.2) is 0 Å². The van der Waals surface area contributed by atoms with Gasteiger partial charge >= 0.3 is 0 Å². The van der Waals surface area contributed by atoms with Gasteiger partial charge in [0.2, 0.25) is 0 Å². The van der Waals surface area contributed by atoms with Crippen molar-refractivity contribution in [1.29, 1.82) is 0 Å². The number of rotatable bonds is 4. The second-order valence-electron chi connectivity index (χ2n) is 21.1. The summed E-state index contributed by atoms with van der Waals surface area (Å²) in [5, 5.41) is 1.22. The minimum absolute atomic E-state index is 0.0146. The van der Waals surface area contributed by atoms with Crippen LogP contribution in [0.25, 0.3) is 27.7 Å². The fourth-order valence-electron chi connectivity index (χ4n) is 13.5. The maximum atomic E-state index is 7.13. The highest BCUT2D eigenvalue weighted by Gasteiger charge is 2.47. The summed E-state index contributed by atoms with van der Waals surface area (Å²) in [6, 6.07) is 30.7. The van der Waals surface area contributed by atoms with Crippen molar-refractivity contribution in [1.82, 2.24) is 0 Å². The van der Waals surface area contributed by atoms with Gasteiger partial charge in [-0.05, 0) is 152 Å². The molecule has 8 aliphatic rings. The Morgan fingerprint density at radius 2 is 1.48 bits per heavy atom. The van der Waals surface area contributed by atoms with Crippen molar-refractivity contribution < 1.29 is 4.42 Å². The van der Waals surface area contributed by atoms with Crippen molar-refractivity contribution in [3.05, 3.63) is 219 Å². The number of anilines is 2. The molecule has 63 heavy (non-hydrogen) atoms. The van der Waals surface area contributed by atoms with Gasteiger partial charge in [0.05, 0.1) is 0 Å². The molecule has 0 fully saturated rings. The summed E-state index contributed by atoms with van der Waals surface area (Å²) in [6.45, 7) is 14.6. The average Bonchev–Trinajstić information content (AvgIpc) is 3.93. The highest BCUT2D eigenvalue weighted by Crippen LogP contribution is 2.58. The predicted molar refractivity (Wildman–Crippen MR) is 262 cm³/mol. The van der Waals surface area contributed by atoms with Gasteiger partial charge in [-0.3, -0.25) is 0 Å². The lowest BCUT2D eigenvalue weighted by atomic mass is 9.73. The standard InChI is InChI=1S/C61H55NO/c1-59(2)50-20-12-9-17-42(50)45-27-23-37(32-53(45)59)57-41-16-8-7-15-36(41)31-49-48-33-38(26-30-56(48)63-58(49)57)62(39-24-28-46-43-18-10-13-21-51(43)60(3,4)54(46)34-39)40-25-29-47-44-19-11-14-22-52(44)61(5,6)55(47)35-40/h7-8,10-11,13-30,32-34,36,43,51,55H,9,12,31,35H2,1-6H3. The first-order valence-electron chi connectivity index (χ1n) is 23.5. The highest BCUT2D eigenvalue weighted by molar-refractivity contribution is 5.97. The van der Waals surface area contributed by atoms with Crippen molar-refractivity contribution in [2.24, 2.45) is 17.8 Å². The number of benzene rings is 4. The van der Waals surface area contributed by atoms with Crippen LogP contribution < -0.4 is 4.90 Å². The summed E-state index contributed by atoms with van der Waals surface area (Å²) < 4.78 is 7.13. The van der Waals surface area contributed by atoms with E-state index in [4.69, 9.17) is 4.42 Å². The van der Waals surface area contributed by atoms with Crippen molar-refractivity contribution in [3.63, 3.8) is 0 Å². The zero-order valence-electron chi connectivity index (χ0n) is 37.4. The smallest absolute Gasteiger partial charge is 0.139 e. The molecule has 0 amide bonds. The number of allylic oxidation sites excluding steroid dienone is 17. The van der Waals surface area contributed by atoms with Crippen molar-refractivity contribution >= 4 is 39.1 Å². The number of hydrogen-bond acceptors (Lipinski definition) is 2. The fourth-order valence-corrected chi connectivity index (χ4v) is 13.5. The first kappa shape index (κ1) is 37.4. The molecular formula is C61H55NO. The Morgan fingerprint density at radius 3 is 2.38 bits per heavy atom. The lowest BCUT2D eigenvalue weighted by Crippen LogP contribution is -2.29. The Balaban J connectivity index is 0.975. The number of fused-ring (bicyclic) bond motifs is 13. The third-order valence-electron chi connectivity index (χ3n) is 16.9. The molecule has 4 aromatic carbocycles. The monoisotopic (exact) mass is 817 g/mol. The molecule has 13 rings (SSSR count). The van der Waals surface area contributed by atoms with Gasteiger partial charge in [0, 0.05) is 50.8 Å². The largest absolute Gasteiger partial charge is 0.456 e. The summed E-state index contributed by atoms with van der Waals surface area (Å²) in [6.07, 6.45) is 32.4. The van der Waals surface area contributed by atoms with Gasteiger partial charge in [0.1, 0.15) is 11.3 Å². The third-order valence-corrected chi connectivity index (χ3v) is 16.9. The molecular weight excluding hydrogens is 763 g/mol. The van der Waals surface area contributed by atoms with Crippen LogP contribution in [0.1, 0.15) is 117 Å². The van der Waals surface area contributed by atoms with E-state index in [0.29, 0.717) is 17.8 Å². The molecule has 1 aromatic heterocycles. The van der Waals surface area contributed by atoms with E-state index in [1.807, 2.05) is 0 Å². The summed E-state index contributed by atoms with van der Waals surface area (Å²) in [5.74, 6) is 2.58. The predicted octanol–water partition coefficient (Wildman–Crippen LogP) is 15.5. The van der Waals surface area contributed by atoms with Crippen LogP contribution in [0.4, 0.5) is 11.4 Å². The minimum atomic E-state index is -0.0350. The molecule has 0 saturated carbocycles. The van der Waals surface area contributed by atoms with Crippen LogP contribution in [0.2, 0.25) is 0 Å². The highest BCUT2D eigenvalue weighted by atomic mass is 16.3. The van der Waals surface area contributed by atoms with Crippen molar-refractivity contribution in [3.8, 4) is 0 Å². The molecule has 5 aromatic rings. The van der Waals surface area contributed by atoms with Gasteiger partial charge in [-0.2, -0.15) is 0 Å². The Labute approximate surface area is 372 Å². The van der Waals surface area contributed by atoms with E-state index >= 15 is 0 Å². The van der Waals surface area contributed by atoms with E-state index in [0.717, 1.165) is 37.0 Å². The van der Waals surface area contributed by atoms with Crippen LogP contribution in [0.3, 0.4) is 0 Å². The molecule has 0 bridgehead atoms. The van der Waals surface area contributed by atoms with Gasteiger partial charge in [0.15, 0.2) is 0 Å². The zero-order chi connectivity index (χ0) is 42.6. The quantitative estimate of drug-likeness (QED) is 0.180. The summed E-state index contributed by atoms with van der Waals surface area (Å²) in [4.78, 5) is 2.59. The van der Waals surface area contributed by atoms with Gasteiger partial charge < -0.3 is 9.32 Å². The molecule has 4 atom stereocenters. The first-order chi connectivity index (χ1) is 30.5. The van der Waals surface area contributed by atoms with E-state index in [1.165, 1.54) is 94.8 Å². The molecule has 310 valence electrons. The topological polar surface area (TPSA) is 16.4 Å². The van der Waals surface area contributed by atoms with Crippen LogP contribution in [-0.4, -0.2) is 0 Å². The van der Waals surface area contributed by atoms with Crippen LogP contribution >= 0.6 is 0 Å². The Hall–Kier alpha value is -6.12. The molecule has 8 aliphatic carbocycles. The fraction of sp³-hybridized carbons (Fsp3) is 0.279. The van der Waals surface area contributed by atoms with Gasteiger partial charge in [-0.1, -0.05) is 151 Å². The lowest BCUT2D eigenvalue weighted by Gasteiger charge is -2.36. The Bertz CT molecular complexity index is 3170. The number of hydrogen-bond donors (Lipinski definition) is 0. The normalized spacial score (nSPS) is 25.5. The molecule has 0 spiro atoms. The minimum Gasteiger partial charge on any atom is -0.456 e. The molecule has 1 heterocycles. The lowest BCUT2D eigenvalue weighted by molar-refractivity contribution is 0.394. The molecule has 4 unspecified atom stereocenters. The van der Waals surface area contributed by atoms with E-state index in [-0.39, 0.29) is 22.2 Å². The van der Waals surface area contributed by atoms with E-state index in [9.17, 15) is 0 Å². The first-order valence-corrected chi connectivity index (χ1v) is 23.5. The maximum absolute atomic E-state index is 7.13. The van der Waals surface area contributed by atoms with E-state index in [2.05, 4.69) is 198 Å². The van der Waals surface area contributed by atoms with E-state index in [1.54, 1.807) is 0 Å². The summed E-state index contributed by atoms with van der Waals surface area (Å²) >= 11 is 0. The van der Waals surface area contributed by atoms with Crippen LogP contribution in [0.5, 0.6) is 0 Å². The average molecular weight is 818 g/mol. The van der Waals surface area contributed by atoms with Gasteiger partial charge in [-0.15, -0.1) is 0 Å². The maximum Gasteiger partial charge on any atom is 0.139 e. The molecule has 0 radical (unpaired) electrons. The third kappa shape index (κ3) is 5.13. The summed E-state index contributed by atoms with van der Waals surface area (Å²) in [5.41, 5.74) is 22.9. The van der Waals surface area contributed by atoms with Crippen molar-refractivity contribution in [2.45, 2.75) is 89.4 Å². The molecule has 2 nitrogen and oxygen atoms in total. The zero-order valence-corrected chi connectivity index (χ0v) is 37.4. The summed E-state index contributed by atoms with van der Waals surface area (Å²) in [7, 11) is 0. The SMILES string of the molecule is CC1(C)C2=CCCC=C2c2ccc(C3=C4C=CC=CC4Cc4c3oc3ccc(N(C5=CC=C6c7ccccc7C(C)(C)C6C5)c5ccc6c(c5)C(C)(C)C5C=CC=CC65)cc43)cc21. The molecule has 0 saturated heterocycles. The second-order valence-corrected chi connectivity index (χ2v) is 21.1. The van der Waals surface area contributed by atoms with Crippen LogP contribution in [0, 0.1) is 17.8 Å². The molecule has 0 N–H and O–H groups in total. The second kappa shape index (κ2) is 13.0. The molecule has 0 aliphatic heterocycles. The Kier molecular flexibility index (Phi) is 7.71. The van der Waals surface area contributed by atoms with E-state index < -0.39 is 0 Å². The Morgan fingerprint density at radius 1 is 0.667 bits per heavy atom. The molecule has 2 heteroatoms. The van der Waals surface area contributed by atoms with Crippen molar-refractivity contribution in [2.75, 3.05) is 4.90 Å². The number of nitrogens with zero attached hydrogens (tertiary/aromatic N) is 1. The number of furan rings is 1.